The van der Waals surface area contributed by atoms with Gasteiger partial charge in [0.2, 0.25) is 0 Å². The minimum Gasteiger partial charge on any atom is -0.497 e. The summed E-state index contributed by atoms with van der Waals surface area (Å²) in [5.41, 5.74) is 1.04. The average Bonchev–Trinajstić information content (AvgIpc) is 3.31. The largest absolute Gasteiger partial charge is 0.497 e. The van der Waals surface area contributed by atoms with E-state index < -0.39 is 38.0 Å². The number of ether oxygens (including phenoxy) is 3. The normalized spacial score (nSPS) is 20.0. The van der Waals surface area contributed by atoms with Crippen LogP contribution in [0.1, 0.15) is 40.3 Å². The zero-order valence-electron chi connectivity index (χ0n) is 23.7. The molecule has 0 amide bonds. The maximum Gasteiger partial charge on any atom is 0.330 e. The van der Waals surface area contributed by atoms with E-state index in [-0.39, 0.29) is 24.7 Å². The molecular formula is C29H36N3O8P. The molecule has 2 N–H and O–H groups in total. The van der Waals surface area contributed by atoms with E-state index in [2.05, 4.69) is 10.1 Å². The van der Waals surface area contributed by atoms with Crippen LogP contribution in [0.3, 0.4) is 0 Å². The Morgan fingerprint density at radius 1 is 1.05 bits per heavy atom. The van der Waals surface area contributed by atoms with Crippen LogP contribution in [0.2, 0.25) is 0 Å². The molecule has 5 atom stereocenters. The van der Waals surface area contributed by atoms with Crippen LogP contribution < -0.4 is 25.6 Å². The molecule has 0 aliphatic carbocycles. The van der Waals surface area contributed by atoms with Gasteiger partial charge in [-0.05, 0) is 62.6 Å². The summed E-state index contributed by atoms with van der Waals surface area (Å²) in [4.78, 5) is 38.5. The lowest BCUT2D eigenvalue weighted by Gasteiger charge is -2.24. The zero-order valence-corrected chi connectivity index (χ0v) is 24.6. The van der Waals surface area contributed by atoms with Gasteiger partial charge in [-0.2, -0.15) is 0 Å². The van der Waals surface area contributed by atoms with Gasteiger partial charge in [-0.3, -0.25) is 19.1 Å². The van der Waals surface area contributed by atoms with Gasteiger partial charge in [0.1, 0.15) is 23.8 Å². The third kappa shape index (κ3) is 8.27. The zero-order chi connectivity index (χ0) is 29.5. The number of nitrogens with one attached hydrogen (secondary N) is 2. The summed E-state index contributed by atoms with van der Waals surface area (Å²) in [6.45, 7) is 7.38. The lowest BCUT2D eigenvalue weighted by molar-refractivity contribution is -0.149. The molecule has 1 aromatic heterocycles. The Hall–Kier alpha value is -3.50. The molecule has 1 fully saturated rings. The number of hydrogen-bond donors (Lipinski definition) is 2. The maximum atomic E-state index is 12.5. The fourth-order valence-electron chi connectivity index (χ4n) is 4.37. The molecule has 41 heavy (non-hydrogen) atoms. The number of rotatable bonds is 12. The van der Waals surface area contributed by atoms with Crippen molar-refractivity contribution in [3.8, 4) is 22.6 Å². The van der Waals surface area contributed by atoms with Crippen molar-refractivity contribution in [2.45, 2.75) is 58.6 Å². The number of carbonyl (C=O) groups is 1. The molecule has 2 aromatic carbocycles. The van der Waals surface area contributed by atoms with E-state index >= 15 is 0 Å². The predicted molar refractivity (Wildman–Crippen MR) is 155 cm³/mol. The van der Waals surface area contributed by atoms with Crippen molar-refractivity contribution in [2.75, 3.05) is 13.7 Å². The highest BCUT2D eigenvalue weighted by molar-refractivity contribution is 7.45. The van der Waals surface area contributed by atoms with Crippen LogP contribution in [0.15, 0.2) is 70.4 Å². The first kappa shape index (κ1) is 30.5. The van der Waals surface area contributed by atoms with Crippen LogP contribution in [0, 0.1) is 5.92 Å². The van der Waals surface area contributed by atoms with Crippen molar-refractivity contribution in [3.05, 3.63) is 81.6 Å². The first-order chi connectivity index (χ1) is 19.6. The van der Waals surface area contributed by atoms with Crippen molar-refractivity contribution in [3.63, 3.8) is 0 Å². The molecule has 3 aromatic rings. The number of nitrogens with zero attached hydrogens (tertiary/aromatic N) is 1. The molecular weight excluding hydrogens is 549 g/mol. The number of methoxy groups -OCH3 is 1. The van der Waals surface area contributed by atoms with E-state index in [0.717, 1.165) is 16.9 Å². The van der Waals surface area contributed by atoms with E-state index in [1.165, 1.54) is 16.8 Å². The van der Waals surface area contributed by atoms with E-state index in [1.54, 1.807) is 27.9 Å². The second kappa shape index (κ2) is 13.9. The minimum absolute atomic E-state index is 0.00208. The molecule has 0 bridgehead atoms. The van der Waals surface area contributed by atoms with Crippen molar-refractivity contribution >= 4 is 14.5 Å². The highest BCUT2D eigenvalue weighted by Crippen LogP contribution is 2.40. The highest BCUT2D eigenvalue weighted by atomic mass is 31.2. The molecule has 220 valence electrons. The molecule has 1 aliphatic rings. The van der Waals surface area contributed by atoms with Crippen molar-refractivity contribution < 1.29 is 28.1 Å². The third-order valence-corrected chi connectivity index (χ3v) is 7.79. The monoisotopic (exact) mass is 585 g/mol. The Labute approximate surface area is 239 Å². The predicted octanol–water partition coefficient (Wildman–Crippen LogP) is 4.39. The summed E-state index contributed by atoms with van der Waals surface area (Å²) in [5, 5.41) is 3.10. The summed E-state index contributed by atoms with van der Waals surface area (Å²) >= 11 is 0. The topological polar surface area (TPSA) is 130 Å². The Bertz CT molecular complexity index is 1410. The van der Waals surface area contributed by atoms with Crippen LogP contribution >= 0.6 is 8.53 Å². The molecule has 0 radical (unpaired) electrons. The second-order valence-electron chi connectivity index (χ2n) is 10.1. The number of aromatic amines is 1. The second-order valence-corrected chi connectivity index (χ2v) is 11.3. The van der Waals surface area contributed by atoms with Crippen LogP contribution in [0.25, 0.3) is 11.1 Å². The Balaban J connectivity index is 1.43. The lowest BCUT2D eigenvalue weighted by Crippen LogP contribution is -2.35. The molecule has 3 unspecified atom stereocenters. The third-order valence-electron chi connectivity index (χ3n) is 6.43. The van der Waals surface area contributed by atoms with Gasteiger partial charge in [-0.25, -0.2) is 9.88 Å². The number of hydrogen-bond acceptors (Lipinski definition) is 9. The number of H-pyrrole nitrogens is 1. The lowest BCUT2D eigenvalue weighted by atomic mass is 10.1. The van der Waals surface area contributed by atoms with Gasteiger partial charge in [-0.1, -0.05) is 31.2 Å². The van der Waals surface area contributed by atoms with Crippen LogP contribution in [0.5, 0.6) is 11.5 Å². The average molecular weight is 586 g/mol. The first-order valence-electron chi connectivity index (χ1n) is 13.4. The number of aromatic nitrogens is 2. The molecule has 12 heteroatoms. The Kier molecular flexibility index (Phi) is 10.3. The SMILES string of the molecule is COc1ccc(-c2ccc(OP(N[C@@H](C)C(=O)OC(C)C)OCC3C[C@H](C)C(n4ccc(=O)[nH]c4=O)O3)cc2)cc1. The van der Waals surface area contributed by atoms with Crippen LogP contribution in [-0.2, 0) is 18.8 Å². The molecule has 0 saturated carbocycles. The van der Waals surface area contributed by atoms with Crippen LogP contribution in [-0.4, -0.2) is 47.5 Å². The first-order valence-corrected chi connectivity index (χ1v) is 14.6. The molecule has 2 heterocycles. The summed E-state index contributed by atoms with van der Waals surface area (Å²) in [7, 11) is -0.148. The van der Waals surface area contributed by atoms with Gasteiger partial charge in [0, 0.05) is 18.2 Å². The quantitative estimate of drug-likeness (QED) is 0.235. The minimum atomic E-state index is -1.78. The smallest absolute Gasteiger partial charge is 0.330 e. The summed E-state index contributed by atoms with van der Waals surface area (Å²) in [5.74, 6) is 0.921. The van der Waals surface area contributed by atoms with Crippen molar-refractivity contribution in [1.29, 1.82) is 0 Å². The standard InChI is InChI=1S/C29H36N3O8P/c1-18(2)38-28(34)20(4)31-41(40-24-12-8-22(9-13-24)21-6-10-23(36-5)11-7-21)37-17-25-16-19(3)27(39-25)32-15-14-26(33)30-29(32)35/h6-15,18-20,25,27,31H,16-17H2,1-5H3,(H,30,33,35)/t19-,20-,25?,27?,41?/m0/s1. The summed E-state index contributed by atoms with van der Waals surface area (Å²) < 4.78 is 30.3. The van der Waals surface area contributed by atoms with Gasteiger partial charge in [-0.15, -0.1) is 0 Å². The van der Waals surface area contributed by atoms with E-state index in [0.29, 0.717) is 12.2 Å². The molecule has 11 nitrogen and oxygen atoms in total. The molecule has 4 rings (SSSR count). The molecule has 1 saturated heterocycles. The maximum absolute atomic E-state index is 12.5. The number of carbonyl (C=O) groups excluding carboxylic acids is 1. The number of benzene rings is 2. The number of esters is 1. The summed E-state index contributed by atoms with van der Waals surface area (Å²) in [6.07, 6.45) is 0.923. The van der Waals surface area contributed by atoms with E-state index in [1.807, 2.05) is 55.5 Å². The van der Waals surface area contributed by atoms with Crippen molar-refractivity contribution in [1.82, 2.24) is 14.6 Å². The van der Waals surface area contributed by atoms with Gasteiger partial charge in [0.05, 0.1) is 25.9 Å². The van der Waals surface area contributed by atoms with Gasteiger partial charge in [0.15, 0.2) is 0 Å². The van der Waals surface area contributed by atoms with Crippen molar-refractivity contribution in [2.24, 2.45) is 5.92 Å². The van der Waals surface area contributed by atoms with Gasteiger partial charge < -0.3 is 23.3 Å². The Morgan fingerprint density at radius 2 is 1.68 bits per heavy atom. The van der Waals surface area contributed by atoms with Crippen LogP contribution in [0.4, 0.5) is 0 Å². The van der Waals surface area contributed by atoms with E-state index in [9.17, 15) is 14.4 Å². The fourth-order valence-corrected chi connectivity index (χ4v) is 5.58. The van der Waals surface area contributed by atoms with Gasteiger partial charge >= 0.3 is 20.2 Å². The fraction of sp³-hybridized carbons (Fsp3) is 0.414. The highest BCUT2D eigenvalue weighted by Gasteiger charge is 2.35. The summed E-state index contributed by atoms with van der Waals surface area (Å²) in [6, 6.07) is 15.9. The van der Waals surface area contributed by atoms with Gasteiger partial charge in [0.25, 0.3) is 5.56 Å². The molecule has 0 spiro atoms. The molecule has 1 aliphatic heterocycles. The Morgan fingerprint density at radius 3 is 2.27 bits per heavy atom. The van der Waals surface area contributed by atoms with E-state index in [4.69, 9.17) is 23.3 Å².